The first-order valence-corrected chi connectivity index (χ1v) is 9.62. The van der Waals surface area contributed by atoms with Crippen LogP contribution in [-0.4, -0.2) is 19.4 Å². The maximum Gasteiger partial charge on any atom is 0.268 e. The van der Waals surface area contributed by atoms with E-state index < -0.39 is 10.0 Å². The molecule has 5 heteroatoms. The minimum absolute atomic E-state index is 0.305. The molecule has 0 amide bonds. The Morgan fingerprint density at radius 1 is 0.960 bits per heavy atom. The molecular formula is C20H22N2O2S. The van der Waals surface area contributed by atoms with E-state index in [9.17, 15) is 8.42 Å². The van der Waals surface area contributed by atoms with Crippen LogP contribution in [0.5, 0.6) is 0 Å². The van der Waals surface area contributed by atoms with Crippen LogP contribution >= 0.6 is 0 Å². The van der Waals surface area contributed by atoms with E-state index in [-0.39, 0.29) is 0 Å². The number of benzene rings is 2. The molecule has 0 spiro atoms. The van der Waals surface area contributed by atoms with Gasteiger partial charge < -0.3 is 5.32 Å². The van der Waals surface area contributed by atoms with E-state index in [1.807, 2.05) is 63.4 Å². The maximum absolute atomic E-state index is 13.4. The SMILES string of the molecule is CNCc1cc(-c2ccccc2)n(S(=O)(=O)c2cccc(C)c2)c1C. The number of aryl methyl sites for hydroxylation is 1. The first-order chi connectivity index (χ1) is 11.9. The minimum atomic E-state index is -3.68. The fraction of sp³-hybridized carbons (Fsp3) is 0.200. The van der Waals surface area contributed by atoms with Crippen LogP contribution in [0.1, 0.15) is 16.8 Å². The van der Waals surface area contributed by atoms with E-state index in [2.05, 4.69) is 5.32 Å². The molecule has 0 bridgehead atoms. The Labute approximate surface area is 149 Å². The molecule has 3 rings (SSSR count). The van der Waals surface area contributed by atoms with Crippen molar-refractivity contribution in [1.82, 2.24) is 9.29 Å². The van der Waals surface area contributed by atoms with Gasteiger partial charge in [-0.1, -0.05) is 42.5 Å². The van der Waals surface area contributed by atoms with E-state index in [4.69, 9.17) is 0 Å². The molecule has 0 aliphatic carbocycles. The first kappa shape index (κ1) is 17.5. The second-order valence-electron chi connectivity index (χ2n) is 6.12. The number of rotatable bonds is 5. The summed E-state index contributed by atoms with van der Waals surface area (Å²) in [6.07, 6.45) is 0. The molecule has 1 aromatic heterocycles. The van der Waals surface area contributed by atoms with Crippen LogP contribution in [0.2, 0.25) is 0 Å². The lowest BCUT2D eigenvalue weighted by Crippen LogP contribution is -2.16. The van der Waals surface area contributed by atoms with E-state index in [0.29, 0.717) is 17.1 Å². The second kappa shape index (κ2) is 6.86. The molecule has 130 valence electrons. The third kappa shape index (κ3) is 3.25. The fourth-order valence-electron chi connectivity index (χ4n) is 3.01. The van der Waals surface area contributed by atoms with Gasteiger partial charge in [-0.3, -0.25) is 0 Å². The van der Waals surface area contributed by atoms with Crippen LogP contribution < -0.4 is 5.32 Å². The minimum Gasteiger partial charge on any atom is -0.316 e. The van der Waals surface area contributed by atoms with E-state index >= 15 is 0 Å². The van der Waals surface area contributed by atoms with Crippen molar-refractivity contribution in [3.05, 3.63) is 77.5 Å². The predicted octanol–water partition coefficient (Wildman–Crippen LogP) is 3.73. The molecular weight excluding hydrogens is 332 g/mol. The Kier molecular flexibility index (Phi) is 4.79. The topological polar surface area (TPSA) is 51.1 Å². The zero-order valence-electron chi connectivity index (χ0n) is 14.7. The van der Waals surface area contributed by atoms with Crippen molar-refractivity contribution >= 4 is 10.0 Å². The van der Waals surface area contributed by atoms with Gasteiger partial charge in [-0.25, -0.2) is 12.4 Å². The standard InChI is InChI=1S/C20H22N2O2S/c1-15-8-7-11-19(12-15)25(23,24)22-16(2)18(14-21-3)13-20(22)17-9-5-4-6-10-17/h4-13,21H,14H2,1-3H3. The molecule has 25 heavy (non-hydrogen) atoms. The lowest BCUT2D eigenvalue weighted by Gasteiger charge is -2.14. The van der Waals surface area contributed by atoms with Crippen LogP contribution in [0.25, 0.3) is 11.3 Å². The highest BCUT2D eigenvalue weighted by atomic mass is 32.2. The van der Waals surface area contributed by atoms with E-state index in [1.54, 1.807) is 18.2 Å². The summed E-state index contributed by atoms with van der Waals surface area (Å²) in [5, 5.41) is 3.11. The zero-order chi connectivity index (χ0) is 18.0. The van der Waals surface area contributed by atoms with Gasteiger partial charge in [0.1, 0.15) is 0 Å². The van der Waals surface area contributed by atoms with Crippen molar-refractivity contribution in [3.8, 4) is 11.3 Å². The van der Waals surface area contributed by atoms with Crippen LogP contribution in [0, 0.1) is 13.8 Å². The summed E-state index contributed by atoms with van der Waals surface area (Å²) in [6.45, 7) is 4.36. The molecule has 4 nitrogen and oxygen atoms in total. The van der Waals surface area contributed by atoms with Gasteiger partial charge in [0.05, 0.1) is 10.6 Å². The highest BCUT2D eigenvalue weighted by molar-refractivity contribution is 7.90. The third-order valence-corrected chi connectivity index (χ3v) is 6.06. The summed E-state index contributed by atoms with van der Waals surface area (Å²) in [4.78, 5) is 0.305. The van der Waals surface area contributed by atoms with Crippen LogP contribution in [0.3, 0.4) is 0 Å². The third-order valence-electron chi connectivity index (χ3n) is 4.26. The molecule has 0 saturated heterocycles. The van der Waals surface area contributed by atoms with Gasteiger partial charge in [0.15, 0.2) is 0 Å². The lowest BCUT2D eigenvalue weighted by molar-refractivity contribution is 0.586. The average molecular weight is 354 g/mol. The number of hydrogen-bond donors (Lipinski definition) is 1. The Morgan fingerprint density at radius 3 is 2.32 bits per heavy atom. The van der Waals surface area contributed by atoms with Gasteiger partial charge >= 0.3 is 0 Å². The van der Waals surface area contributed by atoms with Crippen LogP contribution in [0.4, 0.5) is 0 Å². The van der Waals surface area contributed by atoms with Gasteiger partial charge in [0.2, 0.25) is 0 Å². The summed E-state index contributed by atoms with van der Waals surface area (Å²) in [5.74, 6) is 0. The molecule has 0 radical (unpaired) electrons. The number of aromatic nitrogens is 1. The zero-order valence-corrected chi connectivity index (χ0v) is 15.5. The van der Waals surface area contributed by atoms with Crippen molar-refractivity contribution in [2.24, 2.45) is 0 Å². The molecule has 0 aliphatic rings. The largest absolute Gasteiger partial charge is 0.316 e. The molecule has 1 N–H and O–H groups in total. The summed E-state index contributed by atoms with van der Waals surface area (Å²) in [6, 6.07) is 18.6. The van der Waals surface area contributed by atoms with Crippen LogP contribution in [0.15, 0.2) is 65.6 Å². The van der Waals surface area contributed by atoms with Gasteiger partial charge in [-0.2, -0.15) is 0 Å². The van der Waals surface area contributed by atoms with Crippen molar-refractivity contribution in [1.29, 1.82) is 0 Å². The molecule has 3 aromatic rings. The average Bonchev–Trinajstić information content (AvgIpc) is 2.93. The molecule has 0 fully saturated rings. The fourth-order valence-corrected chi connectivity index (χ4v) is 4.70. The number of hydrogen-bond acceptors (Lipinski definition) is 3. The normalized spacial score (nSPS) is 11.6. The molecule has 1 heterocycles. The molecule has 0 aliphatic heterocycles. The first-order valence-electron chi connectivity index (χ1n) is 8.18. The smallest absolute Gasteiger partial charge is 0.268 e. The van der Waals surface area contributed by atoms with Crippen molar-refractivity contribution in [2.45, 2.75) is 25.3 Å². The van der Waals surface area contributed by atoms with Crippen LogP contribution in [-0.2, 0) is 16.6 Å². The van der Waals surface area contributed by atoms with Gasteiger partial charge in [0, 0.05) is 12.2 Å². The Hall–Kier alpha value is -2.37. The number of nitrogens with zero attached hydrogens (tertiary/aromatic N) is 1. The highest BCUT2D eigenvalue weighted by Gasteiger charge is 2.25. The monoisotopic (exact) mass is 354 g/mol. The van der Waals surface area contributed by atoms with Crippen molar-refractivity contribution < 1.29 is 8.42 Å². The summed E-state index contributed by atoms with van der Waals surface area (Å²) >= 11 is 0. The van der Waals surface area contributed by atoms with Gasteiger partial charge in [-0.05, 0) is 55.8 Å². The highest BCUT2D eigenvalue weighted by Crippen LogP contribution is 2.30. The summed E-state index contributed by atoms with van der Waals surface area (Å²) in [5.41, 5.74) is 4.18. The Morgan fingerprint density at radius 2 is 1.68 bits per heavy atom. The number of nitrogens with one attached hydrogen (secondary N) is 1. The summed E-state index contributed by atoms with van der Waals surface area (Å²) in [7, 11) is -1.82. The Bertz CT molecular complexity index is 990. The summed E-state index contributed by atoms with van der Waals surface area (Å²) < 4.78 is 28.2. The second-order valence-corrected chi connectivity index (χ2v) is 7.91. The maximum atomic E-state index is 13.4. The van der Waals surface area contributed by atoms with Crippen molar-refractivity contribution in [2.75, 3.05) is 7.05 Å². The molecule has 2 aromatic carbocycles. The van der Waals surface area contributed by atoms with E-state index in [1.165, 1.54) is 3.97 Å². The molecule has 0 saturated carbocycles. The molecule has 0 unspecified atom stereocenters. The predicted molar refractivity (Wildman–Crippen MR) is 101 cm³/mol. The van der Waals surface area contributed by atoms with Gasteiger partial charge in [0.25, 0.3) is 10.0 Å². The van der Waals surface area contributed by atoms with E-state index in [0.717, 1.165) is 22.4 Å². The Balaban J connectivity index is 2.27. The lowest BCUT2D eigenvalue weighted by atomic mass is 10.1. The van der Waals surface area contributed by atoms with Gasteiger partial charge in [-0.15, -0.1) is 0 Å². The van der Waals surface area contributed by atoms with Crippen molar-refractivity contribution in [3.63, 3.8) is 0 Å². The quantitative estimate of drug-likeness (QED) is 0.759. The molecule has 0 atom stereocenters.